The lowest BCUT2D eigenvalue weighted by molar-refractivity contribution is -0.128. The molecule has 1 saturated carbocycles. The molecule has 142 valence electrons. The lowest BCUT2D eigenvalue weighted by Gasteiger charge is -2.33. The highest BCUT2D eigenvalue weighted by molar-refractivity contribution is 5.86. The number of hydrogen-bond acceptors (Lipinski definition) is 3. The van der Waals surface area contributed by atoms with E-state index < -0.39 is 5.54 Å². The molecule has 1 aliphatic rings. The van der Waals surface area contributed by atoms with E-state index in [2.05, 4.69) is 24.4 Å². The van der Waals surface area contributed by atoms with Crippen LogP contribution in [0.25, 0.3) is 0 Å². The quantitative estimate of drug-likeness (QED) is 0.764. The van der Waals surface area contributed by atoms with Gasteiger partial charge in [0.1, 0.15) is 5.75 Å². The monoisotopic (exact) mass is 368 g/mol. The van der Waals surface area contributed by atoms with Crippen LogP contribution >= 0.6 is 12.4 Å². The van der Waals surface area contributed by atoms with Crippen LogP contribution in [-0.4, -0.2) is 23.6 Å². The Morgan fingerprint density at radius 3 is 2.32 bits per heavy atom. The number of aryl methyl sites for hydroxylation is 1. The fourth-order valence-electron chi connectivity index (χ4n) is 3.24. The molecule has 0 aliphatic heterocycles. The molecule has 0 spiro atoms. The Hall–Kier alpha value is -1.26. The number of carbonyl (C=O) groups excluding carboxylic acids is 1. The van der Waals surface area contributed by atoms with Crippen LogP contribution in [0.15, 0.2) is 24.3 Å². The zero-order valence-corrected chi connectivity index (χ0v) is 16.5. The summed E-state index contributed by atoms with van der Waals surface area (Å²) in [4.78, 5) is 12.4. The summed E-state index contributed by atoms with van der Waals surface area (Å²) in [6, 6.07) is 8.34. The van der Waals surface area contributed by atoms with Crippen molar-refractivity contribution in [2.24, 2.45) is 5.73 Å². The van der Waals surface area contributed by atoms with Crippen molar-refractivity contribution in [1.82, 2.24) is 5.32 Å². The molecule has 1 fully saturated rings. The zero-order valence-electron chi connectivity index (χ0n) is 15.7. The summed E-state index contributed by atoms with van der Waals surface area (Å²) in [5, 5.41) is 3.11. The molecular formula is C20H33ClN2O2. The van der Waals surface area contributed by atoms with E-state index in [1.807, 2.05) is 26.0 Å². The molecule has 1 amide bonds. The van der Waals surface area contributed by atoms with Crippen LogP contribution in [0, 0.1) is 0 Å². The highest BCUT2D eigenvalue weighted by Gasteiger charge is 2.35. The van der Waals surface area contributed by atoms with Gasteiger partial charge in [0.05, 0.1) is 11.6 Å². The zero-order chi connectivity index (χ0) is 17.6. The highest BCUT2D eigenvalue weighted by Crippen LogP contribution is 2.26. The molecule has 2 rings (SSSR count). The van der Waals surface area contributed by atoms with Crippen LogP contribution in [0.3, 0.4) is 0 Å². The average molecular weight is 369 g/mol. The first-order chi connectivity index (χ1) is 11.4. The molecule has 0 bridgehead atoms. The Kier molecular flexibility index (Phi) is 8.74. The van der Waals surface area contributed by atoms with E-state index in [0.29, 0.717) is 0 Å². The van der Waals surface area contributed by atoms with E-state index in [1.165, 1.54) is 12.0 Å². The van der Waals surface area contributed by atoms with Crippen LogP contribution in [0.2, 0.25) is 0 Å². The first-order valence-electron chi connectivity index (χ1n) is 9.24. The largest absolute Gasteiger partial charge is 0.491 e. The molecule has 3 N–H and O–H groups in total. The fourth-order valence-corrected chi connectivity index (χ4v) is 3.24. The van der Waals surface area contributed by atoms with Crippen molar-refractivity contribution in [2.45, 2.75) is 83.4 Å². The van der Waals surface area contributed by atoms with Crippen LogP contribution < -0.4 is 15.8 Å². The van der Waals surface area contributed by atoms with Gasteiger partial charge in [-0.25, -0.2) is 0 Å². The molecule has 25 heavy (non-hydrogen) atoms. The number of amides is 1. The Morgan fingerprint density at radius 1 is 1.16 bits per heavy atom. The van der Waals surface area contributed by atoms with Gasteiger partial charge in [0.25, 0.3) is 0 Å². The van der Waals surface area contributed by atoms with Crippen molar-refractivity contribution in [3.8, 4) is 5.75 Å². The number of benzene rings is 1. The van der Waals surface area contributed by atoms with E-state index in [9.17, 15) is 4.79 Å². The second kappa shape index (κ2) is 10.0. The minimum Gasteiger partial charge on any atom is -0.491 e. The Labute approximate surface area is 158 Å². The third kappa shape index (κ3) is 6.87. The lowest BCUT2D eigenvalue weighted by atomic mass is 9.81. The standard InChI is InChI=1S/C20H32N2O2.ClH/c1-15(2)24-18-11-9-17(10-12-18)8-7-16(3)22-19(23)20(21)13-5-4-6-14-20;/h9-12,15-16H,4-8,13-14,21H2,1-3H3,(H,22,23);1H. The number of carbonyl (C=O) groups is 1. The van der Waals surface area contributed by atoms with Crippen molar-refractivity contribution < 1.29 is 9.53 Å². The summed E-state index contributed by atoms with van der Waals surface area (Å²) >= 11 is 0. The number of halogens is 1. The van der Waals surface area contributed by atoms with Crippen molar-refractivity contribution >= 4 is 18.3 Å². The third-order valence-corrected chi connectivity index (χ3v) is 4.74. The molecule has 1 atom stereocenters. The third-order valence-electron chi connectivity index (χ3n) is 4.74. The summed E-state index contributed by atoms with van der Waals surface area (Å²) in [7, 11) is 0. The van der Waals surface area contributed by atoms with Crippen molar-refractivity contribution in [3.63, 3.8) is 0 Å². The fraction of sp³-hybridized carbons (Fsp3) is 0.650. The molecule has 1 aliphatic carbocycles. The maximum atomic E-state index is 12.4. The molecule has 0 radical (unpaired) electrons. The molecule has 5 heteroatoms. The lowest BCUT2D eigenvalue weighted by Crippen LogP contribution is -2.56. The van der Waals surface area contributed by atoms with Crippen LogP contribution in [0.4, 0.5) is 0 Å². The van der Waals surface area contributed by atoms with E-state index >= 15 is 0 Å². The van der Waals surface area contributed by atoms with E-state index in [0.717, 1.165) is 44.3 Å². The van der Waals surface area contributed by atoms with E-state index in [1.54, 1.807) is 0 Å². The van der Waals surface area contributed by atoms with Crippen molar-refractivity contribution in [3.05, 3.63) is 29.8 Å². The number of hydrogen-bond donors (Lipinski definition) is 2. The SMILES string of the molecule is CC(CCc1ccc(OC(C)C)cc1)NC(=O)C1(N)CCCCC1.Cl. The smallest absolute Gasteiger partial charge is 0.240 e. The van der Waals surface area contributed by atoms with Gasteiger partial charge in [0, 0.05) is 6.04 Å². The average Bonchev–Trinajstić information content (AvgIpc) is 2.54. The summed E-state index contributed by atoms with van der Waals surface area (Å²) in [6.45, 7) is 6.10. The van der Waals surface area contributed by atoms with Crippen LogP contribution in [0.5, 0.6) is 5.75 Å². The first kappa shape index (κ1) is 21.8. The van der Waals surface area contributed by atoms with E-state index in [-0.39, 0.29) is 30.5 Å². The molecule has 4 nitrogen and oxygen atoms in total. The van der Waals surface area contributed by atoms with Gasteiger partial charge in [-0.1, -0.05) is 31.4 Å². The second-order valence-corrected chi connectivity index (χ2v) is 7.44. The van der Waals surface area contributed by atoms with E-state index in [4.69, 9.17) is 10.5 Å². The van der Waals surface area contributed by atoms with Gasteiger partial charge in [0.15, 0.2) is 0 Å². The minimum absolute atomic E-state index is 0. The second-order valence-electron chi connectivity index (χ2n) is 7.44. The summed E-state index contributed by atoms with van der Waals surface area (Å²) < 4.78 is 5.65. The maximum absolute atomic E-state index is 12.4. The predicted octanol–water partition coefficient (Wildman–Crippen LogP) is 3.99. The van der Waals surface area contributed by atoms with Crippen LogP contribution in [-0.2, 0) is 11.2 Å². The maximum Gasteiger partial charge on any atom is 0.240 e. The van der Waals surface area contributed by atoms with Gasteiger partial charge in [-0.3, -0.25) is 4.79 Å². The Morgan fingerprint density at radius 2 is 1.76 bits per heavy atom. The van der Waals surface area contributed by atoms with Crippen molar-refractivity contribution in [1.29, 1.82) is 0 Å². The predicted molar refractivity (Wildman–Crippen MR) is 105 cm³/mol. The minimum atomic E-state index is -0.650. The van der Waals surface area contributed by atoms with Gasteiger partial charge in [-0.15, -0.1) is 12.4 Å². The summed E-state index contributed by atoms with van der Waals surface area (Å²) in [5.74, 6) is 0.924. The van der Waals surface area contributed by atoms with Gasteiger partial charge in [0.2, 0.25) is 5.91 Å². The summed E-state index contributed by atoms with van der Waals surface area (Å²) in [6.07, 6.45) is 6.96. The molecule has 1 aromatic carbocycles. The molecule has 0 heterocycles. The van der Waals surface area contributed by atoms with Crippen molar-refractivity contribution in [2.75, 3.05) is 0 Å². The van der Waals surface area contributed by atoms with Gasteiger partial charge in [-0.2, -0.15) is 0 Å². The Balaban J connectivity index is 0.00000312. The molecule has 1 aromatic rings. The first-order valence-corrected chi connectivity index (χ1v) is 9.24. The number of ether oxygens (including phenoxy) is 1. The van der Waals surface area contributed by atoms with Gasteiger partial charge >= 0.3 is 0 Å². The molecule has 1 unspecified atom stereocenters. The van der Waals surface area contributed by atoms with Crippen LogP contribution in [0.1, 0.15) is 64.9 Å². The molecular weight excluding hydrogens is 336 g/mol. The van der Waals surface area contributed by atoms with Gasteiger partial charge < -0.3 is 15.8 Å². The highest BCUT2D eigenvalue weighted by atomic mass is 35.5. The number of rotatable bonds is 7. The summed E-state index contributed by atoms with van der Waals surface area (Å²) in [5.41, 5.74) is 6.89. The number of nitrogens with two attached hydrogens (primary N) is 1. The Bertz CT molecular complexity index is 525. The normalized spacial score (nSPS) is 17.5. The molecule has 0 aromatic heterocycles. The number of nitrogens with one attached hydrogen (secondary N) is 1. The molecule has 0 saturated heterocycles. The van der Waals surface area contributed by atoms with Gasteiger partial charge in [-0.05, 0) is 64.2 Å². The topological polar surface area (TPSA) is 64.3 Å².